The Kier molecular flexibility index (Phi) is 11.3. The van der Waals surface area contributed by atoms with Crippen molar-refractivity contribution in [2.75, 3.05) is 19.4 Å². The fraction of sp³-hybridized carbons (Fsp3) is 0.571. The van der Waals surface area contributed by atoms with Gasteiger partial charge in [0.1, 0.15) is 12.1 Å². The van der Waals surface area contributed by atoms with E-state index in [2.05, 4.69) is 5.32 Å². The summed E-state index contributed by atoms with van der Waals surface area (Å²) in [4.78, 5) is 37.7. The van der Waals surface area contributed by atoms with Gasteiger partial charge in [0.2, 0.25) is 5.91 Å². The zero-order chi connectivity index (χ0) is 24.3. The number of hydrogen-bond acceptors (Lipinski definition) is 7. The maximum Gasteiger partial charge on any atom is 0.326 e. The van der Waals surface area contributed by atoms with Crippen molar-refractivity contribution < 1.29 is 37.2 Å². The molecular weight excluding hydrogens is 440 g/mol. The van der Waals surface area contributed by atoms with Gasteiger partial charge >= 0.3 is 11.9 Å². The molecule has 0 aromatic heterocycles. The molecule has 3 atom stereocenters. The van der Waals surface area contributed by atoms with Crippen molar-refractivity contribution in [2.45, 2.75) is 57.7 Å². The fourth-order valence-corrected chi connectivity index (χ4v) is 3.38. The van der Waals surface area contributed by atoms with Gasteiger partial charge in [-0.25, -0.2) is 4.79 Å². The second-order valence-electron chi connectivity index (χ2n) is 7.48. The molecule has 32 heavy (non-hydrogen) atoms. The molecule has 0 radical (unpaired) electrons. The van der Waals surface area contributed by atoms with Gasteiger partial charge in [-0.05, 0) is 45.1 Å². The summed E-state index contributed by atoms with van der Waals surface area (Å²) < 4.78 is 31.0. The number of carboxylic acids is 1. The van der Waals surface area contributed by atoms with E-state index in [9.17, 15) is 27.9 Å². The third kappa shape index (κ3) is 10.2. The molecule has 180 valence electrons. The van der Waals surface area contributed by atoms with Gasteiger partial charge in [0.15, 0.2) is 0 Å². The van der Waals surface area contributed by atoms with Crippen LogP contribution in [0.3, 0.4) is 0 Å². The van der Waals surface area contributed by atoms with Crippen LogP contribution in [-0.4, -0.2) is 78.4 Å². The zero-order valence-corrected chi connectivity index (χ0v) is 19.4. The third-order valence-electron chi connectivity index (χ3n) is 4.78. The number of carbonyl (C=O) groups is 3. The van der Waals surface area contributed by atoms with Gasteiger partial charge in [-0.15, -0.1) is 0 Å². The van der Waals surface area contributed by atoms with Crippen LogP contribution >= 0.6 is 0 Å². The molecular formula is C21H32N2O8S. The molecule has 1 saturated heterocycles. The van der Waals surface area contributed by atoms with E-state index < -0.39 is 40.2 Å². The Morgan fingerprint density at radius 1 is 1.25 bits per heavy atom. The normalized spacial score (nSPS) is 17.6. The highest BCUT2D eigenvalue weighted by Gasteiger charge is 2.36. The Balaban J connectivity index is 0.000000920. The van der Waals surface area contributed by atoms with Crippen molar-refractivity contribution in [1.82, 2.24) is 10.2 Å². The minimum absolute atomic E-state index is 0.262. The highest BCUT2D eigenvalue weighted by Crippen LogP contribution is 2.19. The first-order chi connectivity index (χ1) is 14.9. The van der Waals surface area contributed by atoms with Crippen molar-refractivity contribution in [3.8, 4) is 0 Å². The molecule has 1 aromatic rings. The van der Waals surface area contributed by atoms with Crippen molar-refractivity contribution in [3.63, 3.8) is 0 Å². The molecule has 0 aliphatic carbocycles. The predicted molar refractivity (Wildman–Crippen MR) is 118 cm³/mol. The lowest BCUT2D eigenvalue weighted by Crippen LogP contribution is -2.53. The maximum atomic E-state index is 12.7. The van der Waals surface area contributed by atoms with Gasteiger partial charge < -0.3 is 14.7 Å². The number of benzene rings is 1. The summed E-state index contributed by atoms with van der Waals surface area (Å²) in [5.41, 5.74) is 1.10. The molecule has 2 rings (SSSR count). The van der Waals surface area contributed by atoms with E-state index in [1.807, 2.05) is 30.3 Å². The molecule has 1 aliphatic heterocycles. The smallest absolute Gasteiger partial charge is 0.326 e. The van der Waals surface area contributed by atoms with E-state index >= 15 is 0 Å². The number of nitrogens with zero attached hydrogens (tertiary/aromatic N) is 1. The van der Waals surface area contributed by atoms with Gasteiger partial charge in [-0.2, -0.15) is 8.42 Å². The standard InChI is InChI=1S/C20H28N2O5.CH4O3S/c1-3-27-20(26)16(12-11-15-8-5-4-6-9-15)21-14(2)18(23)22-13-7-10-17(22)19(24)25;1-5(2,3)4/h4-6,8-9,14,16-17,21H,3,7,10-13H2,1-2H3,(H,24,25);1H3,(H,2,3,4)/t14?,16?,17-;/m0./s1. The van der Waals surface area contributed by atoms with Crippen LogP contribution < -0.4 is 5.32 Å². The summed E-state index contributed by atoms with van der Waals surface area (Å²) in [6, 6.07) is 7.69. The quantitative estimate of drug-likeness (QED) is 0.355. The highest BCUT2D eigenvalue weighted by atomic mass is 32.2. The van der Waals surface area contributed by atoms with Crippen LogP contribution in [0.4, 0.5) is 0 Å². The molecule has 1 aliphatic rings. The minimum atomic E-state index is -3.67. The summed E-state index contributed by atoms with van der Waals surface area (Å²) in [5, 5.41) is 12.3. The highest BCUT2D eigenvalue weighted by molar-refractivity contribution is 7.85. The number of ether oxygens (including phenoxy) is 1. The molecule has 0 saturated carbocycles. The van der Waals surface area contributed by atoms with E-state index in [0.717, 1.165) is 5.56 Å². The van der Waals surface area contributed by atoms with Gasteiger partial charge in [0, 0.05) is 6.54 Å². The van der Waals surface area contributed by atoms with Gasteiger partial charge in [-0.3, -0.25) is 19.5 Å². The number of rotatable bonds is 9. The van der Waals surface area contributed by atoms with Crippen LogP contribution in [0.2, 0.25) is 0 Å². The van der Waals surface area contributed by atoms with Crippen molar-refractivity contribution in [3.05, 3.63) is 35.9 Å². The number of carboxylic acid groups (broad SMARTS) is 1. The third-order valence-corrected chi connectivity index (χ3v) is 4.78. The predicted octanol–water partition coefficient (Wildman–Crippen LogP) is 1.11. The Labute approximate surface area is 188 Å². The minimum Gasteiger partial charge on any atom is -0.480 e. The molecule has 1 amide bonds. The Morgan fingerprint density at radius 3 is 2.38 bits per heavy atom. The number of nitrogens with one attached hydrogen (secondary N) is 1. The summed E-state index contributed by atoms with van der Waals surface area (Å²) in [6.07, 6.45) is 3.00. The number of hydrogen-bond donors (Lipinski definition) is 3. The summed E-state index contributed by atoms with van der Waals surface area (Å²) in [5.74, 6) is -1.68. The molecule has 1 aromatic carbocycles. The monoisotopic (exact) mass is 472 g/mol. The number of likely N-dealkylation sites (tertiary alicyclic amines) is 1. The Hall–Kier alpha value is -2.50. The number of esters is 1. The van der Waals surface area contributed by atoms with E-state index in [1.54, 1.807) is 13.8 Å². The average Bonchev–Trinajstić information content (AvgIpc) is 3.20. The van der Waals surface area contributed by atoms with Crippen LogP contribution in [0.15, 0.2) is 30.3 Å². The van der Waals surface area contributed by atoms with E-state index in [-0.39, 0.29) is 12.5 Å². The summed E-state index contributed by atoms with van der Waals surface area (Å²) in [7, 11) is -3.67. The molecule has 1 fully saturated rings. The Morgan fingerprint density at radius 2 is 1.84 bits per heavy atom. The number of aliphatic carboxylic acids is 1. The SMILES string of the molecule is CCOC(=O)C(CCc1ccccc1)NC(C)C(=O)N1CCC[C@H]1C(=O)O.CS(=O)(=O)O. The first-order valence-electron chi connectivity index (χ1n) is 10.4. The summed E-state index contributed by atoms with van der Waals surface area (Å²) in [6.45, 7) is 4.09. The lowest BCUT2D eigenvalue weighted by Gasteiger charge is -2.27. The Bertz CT molecular complexity index is 852. The van der Waals surface area contributed by atoms with E-state index in [4.69, 9.17) is 9.29 Å². The fourth-order valence-electron chi connectivity index (χ4n) is 3.38. The lowest BCUT2D eigenvalue weighted by atomic mass is 10.0. The van der Waals surface area contributed by atoms with Crippen LogP contribution in [0, 0.1) is 0 Å². The molecule has 0 bridgehead atoms. The topological polar surface area (TPSA) is 150 Å². The number of amides is 1. The molecule has 3 N–H and O–H groups in total. The number of aryl methyl sites for hydroxylation is 1. The van der Waals surface area contributed by atoms with E-state index in [0.29, 0.717) is 38.5 Å². The molecule has 11 heteroatoms. The lowest BCUT2D eigenvalue weighted by molar-refractivity contribution is -0.150. The molecule has 1 heterocycles. The zero-order valence-electron chi connectivity index (χ0n) is 18.6. The largest absolute Gasteiger partial charge is 0.480 e. The molecule has 2 unspecified atom stereocenters. The van der Waals surface area contributed by atoms with Crippen LogP contribution in [0.25, 0.3) is 0 Å². The van der Waals surface area contributed by atoms with E-state index in [1.165, 1.54) is 4.90 Å². The maximum absolute atomic E-state index is 12.7. The summed E-state index contributed by atoms with van der Waals surface area (Å²) >= 11 is 0. The first-order valence-corrected chi connectivity index (χ1v) is 12.2. The van der Waals surface area contributed by atoms with Crippen LogP contribution in [-0.2, 0) is 35.7 Å². The van der Waals surface area contributed by atoms with Crippen LogP contribution in [0.1, 0.15) is 38.7 Å². The van der Waals surface area contributed by atoms with Crippen molar-refractivity contribution in [1.29, 1.82) is 0 Å². The van der Waals surface area contributed by atoms with Crippen LogP contribution in [0.5, 0.6) is 0 Å². The van der Waals surface area contributed by atoms with Crippen molar-refractivity contribution in [2.24, 2.45) is 0 Å². The van der Waals surface area contributed by atoms with Gasteiger partial charge in [0.05, 0.1) is 18.9 Å². The van der Waals surface area contributed by atoms with Gasteiger partial charge in [-0.1, -0.05) is 30.3 Å². The number of carbonyl (C=O) groups excluding carboxylic acids is 2. The molecule has 0 spiro atoms. The second-order valence-corrected chi connectivity index (χ2v) is 8.94. The van der Waals surface area contributed by atoms with Crippen molar-refractivity contribution >= 4 is 28.0 Å². The van der Waals surface area contributed by atoms with Gasteiger partial charge in [0.25, 0.3) is 10.1 Å². The second kappa shape index (κ2) is 13.1. The molecule has 10 nitrogen and oxygen atoms in total. The average molecular weight is 473 g/mol. The first kappa shape index (κ1) is 27.5.